The van der Waals surface area contributed by atoms with Crippen molar-refractivity contribution in [1.29, 1.82) is 5.26 Å². The molecule has 0 spiro atoms. The predicted octanol–water partition coefficient (Wildman–Crippen LogP) is 2.33. The van der Waals surface area contributed by atoms with Crippen LogP contribution in [0.3, 0.4) is 0 Å². The number of anilines is 1. The van der Waals surface area contributed by atoms with Gasteiger partial charge in [0.15, 0.2) is 5.82 Å². The first-order valence-corrected chi connectivity index (χ1v) is 8.51. The van der Waals surface area contributed by atoms with Gasteiger partial charge in [0.1, 0.15) is 11.6 Å². The maximum absolute atomic E-state index is 12.1. The number of amides is 1. The Hall–Kier alpha value is -2.16. The second kappa shape index (κ2) is 8.47. The fraction of sp³-hybridized carbons (Fsp3) is 0.647. The Morgan fingerprint density at radius 3 is 2.57 bits per heavy atom. The maximum atomic E-state index is 12.1. The van der Waals surface area contributed by atoms with Crippen molar-refractivity contribution in [3.8, 4) is 6.07 Å². The van der Waals surface area contributed by atoms with Gasteiger partial charge in [-0.3, -0.25) is 4.79 Å². The number of carbonyl (C=O) groups is 1. The van der Waals surface area contributed by atoms with Gasteiger partial charge in [-0.05, 0) is 31.2 Å². The first-order chi connectivity index (χ1) is 11.2. The molecule has 1 aliphatic carbocycles. The Bertz CT molecular complexity index is 587. The molecule has 6 heteroatoms. The highest BCUT2D eigenvalue weighted by Gasteiger charge is 2.17. The molecular weight excluding hydrogens is 290 g/mol. The average molecular weight is 315 g/mol. The van der Waals surface area contributed by atoms with Crippen molar-refractivity contribution < 1.29 is 4.79 Å². The third kappa shape index (κ3) is 4.41. The average Bonchev–Trinajstić information content (AvgIpc) is 2.59. The lowest BCUT2D eigenvalue weighted by Gasteiger charge is -2.22. The van der Waals surface area contributed by atoms with Crippen LogP contribution in [-0.2, 0) is 17.6 Å². The third-order valence-electron chi connectivity index (χ3n) is 4.34. The summed E-state index contributed by atoms with van der Waals surface area (Å²) in [7, 11) is 0. The van der Waals surface area contributed by atoms with Gasteiger partial charge in [0, 0.05) is 6.04 Å². The summed E-state index contributed by atoms with van der Waals surface area (Å²) in [4.78, 5) is 12.1. The van der Waals surface area contributed by atoms with E-state index in [2.05, 4.69) is 26.9 Å². The summed E-state index contributed by atoms with van der Waals surface area (Å²) in [5.41, 5.74) is 2.27. The topological polar surface area (TPSA) is 90.7 Å². The normalized spacial score (nSPS) is 15.0. The monoisotopic (exact) mass is 315 g/mol. The lowest BCUT2D eigenvalue weighted by atomic mass is 9.95. The minimum atomic E-state index is -0.0554. The van der Waals surface area contributed by atoms with Crippen LogP contribution in [0.2, 0.25) is 0 Å². The molecule has 1 aromatic rings. The quantitative estimate of drug-likeness (QED) is 0.841. The van der Waals surface area contributed by atoms with Crippen LogP contribution in [0.25, 0.3) is 0 Å². The van der Waals surface area contributed by atoms with E-state index in [0.29, 0.717) is 11.4 Å². The van der Waals surface area contributed by atoms with Crippen molar-refractivity contribution in [3.05, 3.63) is 16.8 Å². The Morgan fingerprint density at radius 2 is 1.96 bits per heavy atom. The Labute approximate surface area is 137 Å². The van der Waals surface area contributed by atoms with Crippen LogP contribution in [0.4, 0.5) is 5.82 Å². The highest BCUT2D eigenvalue weighted by molar-refractivity contribution is 5.81. The first-order valence-electron chi connectivity index (χ1n) is 8.51. The van der Waals surface area contributed by atoms with E-state index >= 15 is 0 Å². The summed E-state index contributed by atoms with van der Waals surface area (Å²) in [6.07, 6.45) is 7.20. The van der Waals surface area contributed by atoms with Crippen LogP contribution in [0.15, 0.2) is 0 Å². The zero-order valence-electron chi connectivity index (χ0n) is 14.0. The maximum Gasteiger partial charge on any atom is 0.239 e. The van der Waals surface area contributed by atoms with Crippen LogP contribution < -0.4 is 10.6 Å². The van der Waals surface area contributed by atoms with Crippen molar-refractivity contribution in [2.24, 2.45) is 0 Å². The molecule has 1 amide bonds. The molecule has 0 bridgehead atoms. The second-order valence-corrected chi connectivity index (χ2v) is 5.92. The number of hydrogen-bond acceptors (Lipinski definition) is 5. The molecule has 0 radical (unpaired) electrons. The Morgan fingerprint density at radius 1 is 1.22 bits per heavy atom. The van der Waals surface area contributed by atoms with Crippen molar-refractivity contribution in [2.45, 2.75) is 64.8 Å². The van der Waals surface area contributed by atoms with Crippen LogP contribution >= 0.6 is 0 Å². The largest absolute Gasteiger partial charge is 0.358 e. The summed E-state index contributed by atoms with van der Waals surface area (Å²) >= 11 is 0. The first kappa shape index (κ1) is 17.2. The number of aryl methyl sites for hydroxylation is 1. The second-order valence-electron chi connectivity index (χ2n) is 5.92. The van der Waals surface area contributed by atoms with Gasteiger partial charge in [-0.25, -0.2) is 0 Å². The number of nitrogens with one attached hydrogen (secondary N) is 2. The zero-order chi connectivity index (χ0) is 16.7. The van der Waals surface area contributed by atoms with Crippen LogP contribution in [0.5, 0.6) is 0 Å². The van der Waals surface area contributed by atoms with Crippen LogP contribution in [0, 0.1) is 11.3 Å². The number of nitrogens with zero attached hydrogens (tertiary/aromatic N) is 3. The fourth-order valence-corrected chi connectivity index (χ4v) is 3.11. The number of aromatic nitrogens is 2. The van der Waals surface area contributed by atoms with E-state index < -0.39 is 0 Å². The molecule has 2 rings (SSSR count). The fourth-order valence-electron chi connectivity index (χ4n) is 3.11. The Balaban J connectivity index is 1.99. The van der Waals surface area contributed by atoms with Gasteiger partial charge in [-0.2, -0.15) is 10.4 Å². The standard InChI is InChI=1S/C17H25N5O/c1-3-13-14(10-18)17(22-21-15(13)4-2)19-11-16(23)20-12-8-6-5-7-9-12/h12H,3-9,11H2,1-2H3,(H,19,22)(H,20,23). The molecule has 1 saturated carbocycles. The smallest absolute Gasteiger partial charge is 0.239 e. The van der Waals surface area contributed by atoms with Gasteiger partial charge >= 0.3 is 0 Å². The molecule has 0 unspecified atom stereocenters. The van der Waals surface area contributed by atoms with Crippen molar-refractivity contribution in [1.82, 2.24) is 15.5 Å². The van der Waals surface area contributed by atoms with E-state index in [0.717, 1.165) is 36.9 Å². The van der Waals surface area contributed by atoms with Gasteiger partial charge in [0.05, 0.1) is 12.2 Å². The van der Waals surface area contributed by atoms with Crippen LogP contribution in [0.1, 0.15) is 62.8 Å². The van der Waals surface area contributed by atoms with Gasteiger partial charge < -0.3 is 10.6 Å². The SMILES string of the molecule is CCc1nnc(NCC(=O)NC2CCCCC2)c(C#N)c1CC. The van der Waals surface area contributed by atoms with Gasteiger partial charge in [0.25, 0.3) is 0 Å². The van der Waals surface area contributed by atoms with E-state index in [4.69, 9.17) is 0 Å². The molecule has 2 N–H and O–H groups in total. The molecule has 0 atom stereocenters. The molecule has 0 saturated heterocycles. The molecule has 1 fully saturated rings. The van der Waals surface area contributed by atoms with E-state index in [9.17, 15) is 10.1 Å². The van der Waals surface area contributed by atoms with Crippen molar-refractivity contribution >= 4 is 11.7 Å². The molecule has 1 aliphatic rings. The highest BCUT2D eigenvalue weighted by atomic mass is 16.2. The van der Waals surface area contributed by atoms with Crippen LogP contribution in [-0.4, -0.2) is 28.7 Å². The molecule has 124 valence electrons. The predicted molar refractivity (Wildman–Crippen MR) is 89.0 cm³/mol. The molecule has 1 aromatic heterocycles. The van der Waals surface area contributed by atoms with Gasteiger partial charge in [0.2, 0.25) is 5.91 Å². The third-order valence-corrected chi connectivity index (χ3v) is 4.34. The summed E-state index contributed by atoms with van der Waals surface area (Å²) in [5.74, 6) is 0.348. The highest BCUT2D eigenvalue weighted by Crippen LogP contribution is 2.20. The molecule has 6 nitrogen and oxygen atoms in total. The summed E-state index contributed by atoms with van der Waals surface area (Å²) < 4.78 is 0. The summed E-state index contributed by atoms with van der Waals surface area (Å²) in [5, 5.41) is 23.7. The lowest BCUT2D eigenvalue weighted by molar-refractivity contribution is -0.120. The minimum Gasteiger partial charge on any atom is -0.358 e. The van der Waals surface area contributed by atoms with Crippen molar-refractivity contribution in [3.63, 3.8) is 0 Å². The minimum absolute atomic E-state index is 0.0554. The molecule has 23 heavy (non-hydrogen) atoms. The van der Waals surface area contributed by atoms with Gasteiger partial charge in [-0.1, -0.05) is 33.1 Å². The summed E-state index contributed by atoms with van der Waals surface area (Å²) in [6.45, 7) is 4.11. The van der Waals surface area contributed by atoms with Crippen molar-refractivity contribution in [2.75, 3.05) is 11.9 Å². The number of carbonyl (C=O) groups excluding carboxylic acids is 1. The molecular formula is C17H25N5O. The summed E-state index contributed by atoms with van der Waals surface area (Å²) in [6, 6.07) is 2.48. The zero-order valence-corrected chi connectivity index (χ0v) is 14.0. The van der Waals surface area contributed by atoms with E-state index in [1.165, 1.54) is 19.3 Å². The van der Waals surface area contributed by atoms with Gasteiger partial charge in [-0.15, -0.1) is 5.10 Å². The number of rotatable bonds is 6. The lowest BCUT2D eigenvalue weighted by Crippen LogP contribution is -2.39. The molecule has 1 heterocycles. The molecule has 0 aromatic carbocycles. The van der Waals surface area contributed by atoms with E-state index in [-0.39, 0.29) is 18.5 Å². The number of hydrogen-bond donors (Lipinski definition) is 2. The van der Waals surface area contributed by atoms with E-state index in [1.807, 2.05) is 13.8 Å². The molecule has 0 aliphatic heterocycles. The van der Waals surface area contributed by atoms with E-state index in [1.54, 1.807) is 0 Å². The number of nitriles is 1. The Kier molecular flexibility index (Phi) is 6.33.